The number of carbonyl (C=O) groups excluding carboxylic acids is 2. The molecular formula is C17H15N3O3S. The Hall–Kier alpha value is -2.93. The minimum atomic E-state index is -0.431. The van der Waals surface area contributed by atoms with Crippen molar-refractivity contribution in [2.75, 3.05) is 0 Å². The fourth-order valence-electron chi connectivity index (χ4n) is 2.17. The zero-order chi connectivity index (χ0) is 17.1. The number of amides is 2. The first-order valence-electron chi connectivity index (χ1n) is 7.24. The van der Waals surface area contributed by atoms with Gasteiger partial charge < -0.3 is 4.42 Å². The lowest BCUT2D eigenvalue weighted by molar-refractivity contribution is 0.0847. The number of aryl methyl sites for hydroxylation is 2. The Morgan fingerprint density at radius 2 is 1.75 bits per heavy atom. The van der Waals surface area contributed by atoms with Crippen LogP contribution in [0.4, 0.5) is 0 Å². The summed E-state index contributed by atoms with van der Waals surface area (Å²) in [6.45, 7) is 3.44. The van der Waals surface area contributed by atoms with E-state index >= 15 is 0 Å². The molecule has 2 amide bonds. The number of hydrazine groups is 1. The molecule has 0 aliphatic rings. The number of benzene rings is 1. The molecule has 2 N–H and O–H groups in total. The molecule has 3 aromatic rings. The van der Waals surface area contributed by atoms with Crippen LogP contribution in [0.2, 0.25) is 0 Å². The van der Waals surface area contributed by atoms with Gasteiger partial charge in [0.1, 0.15) is 15.6 Å². The second kappa shape index (κ2) is 6.67. The first kappa shape index (κ1) is 15.9. The van der Waals surface area contributed by atoms with Crippen LogP contribution in [-0.4, -0.2) is 16.8 Å². The van der Waals surface area contributed by atoms with Crippen molar-refractivity contribution in [2.24, 2.45) is 0 Å². The molecule has 0 spiro atoms. The van der Waals surface area contributed by atoms with Crippen molar-refractivity contribution >= 4 is 23.2 Å². The van der Waals surface area contributed by atoms with Crippen LogP contribution in [0.5, 0.6) is 0 Å². The molecule has 6 nitrogen and oxygen atoms in total. The Balaban J connectivity index is 1.71. The highest BCUT2D eigenvalue weighted by Crippen LogP contribution is 2.27. The van der Waals surface area contributed by atoms with Gasteiger partial charge in [-0.25, -0.2) is 4.98 Å². The van der Waals surface area contributed by atoms with Crippen molar-refractivity contribution < 1.29 is 14.0 Å². The topological polar surface area (TPSA) is 84.2 Å². The first-order chi connectivity index (χ1) is 11.6. The van der Waals surface area contributed by atoms with Crippen LogP contribution in [0.1, 0.15) is 31.5 Å². The third-order valence-electron chi connectivity index (χ3n) is 3.42. The summed E-state index contributed by atoms with van der Waals surface area (Å²) in [5.41, 5.74) is 6.73. The lowest BCUT2D eigenvalue weighted by Crippen LogP contribution is -2.41. The molecule has 0 aliphatic carbocycles. The van der Waals surface area contributed by atoms with Crippen LogP contribution in [0, 0.1) is 13.8 Å². The summed E-state index contributed by atoms with van der Waals surface area (Å²) in [5.74, 6) is -0.344. The summed E-state index contributed by atoms with van der Waals surface area (Å²) in [4.78, 5) is 29.1. The standard InChI is InChI=1S/C17H15N3O3S/c1-10-14(24-17(18-10)12-6-4-3-5-7-12)16(22)20-19-15(21)13-8-9-23-11(13)2/h3-9H,1-2H3,(H,19,21)(H,20,22). The average molecular weight is 341 g/mol. The Labute approximate surface area is 142 Å². The number of hydrogen-bond acceptors (Lipinski definition) is 5. The van der Waals surface area contributed by atoms with Gasteiger partial charge >= 0.3 is 0 Å². The van der Waals surface area contributed by atoms with Crippen molar-refractivity contribution in [3.63, 3.8) is 0 Å². The molecule has 2 heterocycles. The maximum absolute atomic E-state index is 12.3. The van der Waals surface area contributed by atoms with Gasteiger partial charge in [-0.15, -0.1) is 11.3 Å². The molecule has 0 unspecified atom stereocenters. The second-order valence-corrected chi connectivity index (χ2v) is 6.10. The third-order valence-corrected chi connectivity index (χ3v) is 4.62. The molecule has 24 heavy (non-hydrogen) atoms. The van der Waals surface area contributed by atoms with Gasteiger partial charge in [0.25, 0.3) is 11.8 Å². The van der Waals surface area contributed by atoms with Gasteiger partial charge in [-0.2, -0.15) is 0 Å². The van der Waals surface area contributed by atoms with Crippen molar-refractivity contribution in [3.05, 3.63) is 64.6 Å². The summed E-state index contributed by atoms with van der Waals surface area (Å²) in [6, 6.07) is 11.2. The molecule has 2 aromatic heterocycles. The number of aromatic nitrogens is 1. The predicted octanol–water partition coefficient (Wildman–Crippen LogP) is 3.09. The Morgan fingerprint density at radius 3 is 2.42 bits per heavy atom. The molecular weight excluding hydrogens is 326 g/mol. The Kier molecular flexibility index (Phi) is 4.43. The van der Waals surface area contributed by atoms with E-state index in [9.17, 15) is 9.59 Å². The quantitative estimate of drug-likeness (QED) is 0.717. The predicted molar refractivity (Wildman–Crippen MR) is 90.7 cm³/mol. The van der Waals surface area contributed by atoms with Gasteiger partial charge in [0, 0.05) is 5.56 Å². The third kappa shape index (κ3) is 3.21. The maximum atomic E-state index is 12.3. The summed E-state index contributed by atoms with van der Waals surface area (Å²) >= 11 is 1.28. The number of nitrogens with zero attached hydrogens (tertiary/aromatic N) is 1. The van der Waals surface area contributed by atoms with E-state index in [0.717, 1.165) is 10.6 Å². The molecule has 0 saturated carbocycles. The van der Waals surface area contributed by atoms with Gasteiger partial charge in [-0.05, 0) is 19.9 Å². The van der Waals surface area contributed by atoms with Gasteiger partial charge in [0.05, 0.1) is 17.5 Å². The van der Waals surface area contributed by atoms with E-state index < -0.39 is 11.8 Å². The number of thiazole rings is 1. The van der Waals surface area contributed by atoms with E-state index in [1.165, 1.54) is 17.6 Å². The molecule has 1 aromatic carbocycles. The molecule has 122 valence electrons. The van der Waals surface area contributed by atoms with Gasteiger partial charge in [-0.1, -0.05) is 30.3 Å². The molecule has 0 saturated heterocycles. The van der Waals surface area contributed by atoms with Crippen molar-refractivity contribution in [3.8, 4) is 10.6 Å². The fraction of sp³-hybridized carbons (Fsp3) is 0.118. The molecule has 7 heteroatoms. The van der Waals surface area contributed by atoms with Crippen LogP contribution >= 0.6 is 11.3 Å². The van der Waals surface area contributed by atoms with E-state index in [-0.39, 0.29) is 0 Å². The van der Waals surface area contributed by atoms with Gasteiger partial charge in [0.15, 0.2) is 0 Å². The molecule has 0 atom stereocenters. The summed E-state index contributed by atoms with van der Waals surface area (Å²) in [7, 11) is 0. The summed E-state index contributed by atoms with van der Waals surface area (Å²) in [6.07, 6.45) is 1.42. The Morgan fingerprint density at radius 1 is 1.04 bits per heavy atom. The lowest BCUT2D eigenvalue weighted by Gasteiger charge is -2.05. The van der Waals surface area contributed by atoms with Gasteiger partial charge in [-0.3, -0.25) is 20.4 Å². The zero-order valence-corrected chi connectivity index (χ0v) is 13.9. The number of carbonyl (C=O) groups is 2. The van der Waals surface area contributed by atoms with Crippen LogP contribution < -0.4 is 10.9 Å². The van der Waals surface area contributed by atoms with E-state index in [2.05, 4.69) is 15.8 Å². The highest BCUT2D eigenvalue weighted by molar-refractivity contribution is 7.17. The average Bonchev–Trinajstić information content (AvgIpc) is 3.19. The van der Waals surface area contributed by atoms with Crippen LogP contribution in [0.25, 0.3) is 10.6 Å². The lowest BCUT2D eigenvalue weighted by atomic mass is 10.2. The van der Waals surface area contributed by atoms with Crippen LogP contribution in [0.15, 0.2) is 47.1 Å². The smallest absolute Gasteiger partial charge is 0.281 e. The summed E-state index contributed by atoms with van der Waals surface area (Å²) < 4.78 is 5.07. The zero-order valence-electron chi connectivity index (χ0n) is 13.1. The minimum Gasteiger partial charge on any atom is -0.469 e. The van der Waals surface area contributed by atoms with Crippen molar-refractivity contribution in [1.29, 1.82) is 0 Å². The summed E-state index contributed by atoms with van der Waals surface area (Å²) in [5, 5.41) is 0.759. The number of rotatable bonds is 3. The molecule has 0 bridgehead atoms. The number of nitrogens with one attached hydrogen (secondary N) is 2. The van der Waals surface area contributed by atoms with Crippen molar-refractivity contribution in [1.82, 2.24) is 15.8 Å². The molecule has 3 rings (SSSR count). The highest BCUT2D eigenvalue weighted by Gasteiger charge is 2.18. The van der Waals surface area contributed by atoms with E-state index in [1.807, 2.05) is 30.3 Å². The minimum absolute atomic E-state index is 0.376. The first-order valence-corrected chi connectivity index (χ1v) is 8.05. The number of furan rings is 1. The van der Waals surface area contributed by atoms with Crippen LogP contribution in [-0.2, 0) is 0 Å². The van der Waals surface area contributed by atoms with Gasteiger partial charge in [0.2, 0.25) is 0 Å². The van der Waals surface area contributed by atoms with E-state index in [1.54, 1.807) is 19.9 Å². The Bertz CT molecular complexity index is 884. The maximum Gasteiger partial charge on any atom is 0.281 e. The second-order valence-electron chi connectivity index (χ2n) is 5.10. The number of hydrogen-bond donors (Lipinski definition) is 2. The largest absolute Gasteiger partial charge is 0.469 e. The fourth-order valence-corrected chi connectivity index (χ4v) is 3.14. The van der Waals surface area contributed by atoms with Crippen LogP contribution in [0.3, 0.4) is 0 Å². The highest BCUT2D eigenvalue weighted by atomic mass is 32.1. The van der Waals surface area contributed by atoms with E-state index in [4.69, 9.17) is 4.42 Å². The van der Waals surface area contributed by atoms with Crippen molar-refractivity contribution in [2.45, 2.75) is 13.8 Å². The molecule has 0 aliphatic heterocycles. The monoisotopic (exact) mass is 341 g/mol. The molecule has 0 fully saturated rings. The molecule has 0 radical (unpaired) electrons. The normalized spacial score (nSPS) is 10.4. The SMILES string of the molecule is Cc1nc(-c2ccccc2)sc1C(=O)NNC(=O)c1ccoc1C. The van der Waals surface area contributed by atoms with E-state index in [0.29, 0.717) is 21.9 Å².